The normalized spacial score (nSPS) is 13.0. The fraction of sp³-hybridized carbons (Fsp3) is 0.219. The van der Waals surface area contributed by atoms with Gasteiger partial charge in [0.2, 0.25) is 0 Å². The number of aliphatic carboxylic acids is 1. The third kappa shape index (κ3) is 6.79. The number of carbonyl (C=O) groups is 2. The van der Waals surface area contributed by atoms with E-state index in [0.29, 0.717) is 17.1 Å². The number of nitrogens with one attached hydrogen (secondary N) is 1. The number of halogens is 1. The fourth-order valence-corrected chi connectivity index (χ4v) is 5.81. The summed E-state index contributed by atoms with van der Waals surface area (Å²) in [6.45, 7) is 0.646. The molecule has 1 aliphatic carbocycles. The molecule has 0 saturated heterocycles. The Morgan fingerprint density at radius 1 is 1.00 bits per heavy atom. The average Bonchev–Trinajstić information content (AvgIpc) is 3.46. The maximum absolute atomic E-state index is 12.4. The number of carboxylic acid groups (broad SMARTS) is 1. The van der Waals surface area contributed by atoms with E-state index < -0.39 is 5.97 Å². The molecule has 2 N–H and O–H groups in total. The van der Waals surface area contributed by atoms with Gasteiger partial charge in [0.25, 0.3) is 5.91 Å². The Labute approximate surface area is 243 Å². The Bertz CT molecular complexity index is 1510. The second-order valence-corrected chi connectivity index (χ2v) is 10.9. The lowest BCUT2D eigenvalue weighted by atomic mass is 9.93. The van der Waals surface area contributed by atoms with Crippen LogP contribution in [0.2, 0.25) is 5.02 Å². The number of anilines is 2. The van der Waals surface area contributed by atoms with Crippen LogP contribution in [0, 0.1) is 0 Å². The first-order valence-corrected chi connectivity index (χ1v) is 14.6. The highest BCUT2D eigenvalue weighted by atomic mass is 35.5. The van der Waals surface area contributed by atoms with Crippen LogP contribution in [0.5, 0.6) is 0 Å². The number of amides is 1. The van der Waals surface area contributed by atoms with Crippen LogP contribution in [-0.2, 0) is 11.3 Å². The van der Waals surface area contributed by atoms with Gasteiger partial charge in [0, 0.05) is 33.8 Å². The first-order valence-electron chi connectivity index (χ1n) is 13.3. The molecule has 40 heavy (non-hydrogen) atoms. The lowest BCUT2D eigenvalue weighted by molar-refractivity contribution is -0.136. The molecule has 0 aliphatic heterocycles. The highest BCUT2D eigenvalue weighted by Gasteiger charge is 2.17. The second-order valence-electron chi connectivity index (χ2n) is 9.70. The molecule has 0 unspecified atom stereocenters. The molecule has 0 bridgehead atoms. The van der Waals surface area contributed by atoms with E-state index in [-0.39, 0.29) is 18.9 Å². The van der Waals surface area contributed by atoms with Gasteiger partial charge in [-0.3, -0.25) is 9.59 Å². The minimum absolute atomic E-state index is 0.0917. The number of allylic oxidation sites excluding steroid dienone is 2. The minimum atomic E-state index is -0.945. The number of nitrogens with zero attached hydrogens (tertiary/aromatic N) is 2. The van der Waals surface area contributed by atoms with Crippen molar-refractivity contribution in [1.29, 1.82) is 0 Å². The van der Waals surface area contributed by atoms with Crippen LogP contribution < -0.4 is 10.2 Å². The Balaban J connectivity index is 1.40. The summed E-state index contributed by atoms with van der Waals surface area (Å²) in [4.78, 5) is 30.2. The maximum atomic E-state index is 12.4. The monoisotopic (exact) mass is 571 g/mol. The van der Waals surface area contributed by atoms with Crippen molar-refractivity contribution in [2.75, 3.05) is 11.4 Å². The van der Waals surface area contributed by atoms with Crippen LogP contribution in [0.1, 0.15) is 53.6 Å². The lowest BCUT2D eigenvalue weighted by Crippen LogP contribution is -2.26. The molecule has 0 atom stereocenters. The Morgan fingerprint density at radius 2 is 1.77 bits per heavy atom. The summed E-state index contributed by atoms with van der Waals surface area (Å²) in [7, 11) is 0. The smallest absolute Gasteiger partial charge is 0.305 e. The summed E-state index contributed by atoms with van der Waals surface area (Å²) < 4.78 is 0. The molecule has 0 fully saturated rings. The fourth-order valence-electron chi connectivity index (χ4n) is 4.74. The molecule has 0 saturated carbocycles. The van der Waals surface area contributed by atoms with E-state index in [9.17, 15) is 9.59 Å². The Kier molecular flexibility index (Phi) is 8.94. The number of carboxylic acids is 1. The van der Waals surface area contributed by atoms with E-state index in [2.05, 4.69) is 40.6 Å². The molecular weight excluding hydrogens is 542 g/mol. The van der Waals surface area contributed by atoms with Crippen LogP contribution in [-0.4, -0.2) is 28.5 Å². The number of rotatable bonds is 10. The molecule has 0 radical (unpaired) electrons. The van der Waals surface area contributed by atoms with E-state index in [0.717, 1.165) is 40.5 Å². The predicted molar refractivity (Wildman–Crippen MR) is 162 cm³/mol. The number of aromatic nitrogens is 1. The van der Waals surface area contributed by atoms with Gasteiger partial charge >= 0.3 is 5.97 Å². The molecule has 1 aromatic heterocycles. The third-order valence-corrected chi connectivity index (χ3v) is 8.09. The molecule has 204 valence electrons. The van der Waals surface area contributed by atoms with Gasteiger partial charge in [-0.25, -0.2) is 4.98 Å². The first-order chi connectivity index (χ1) is 19.5. The number of hydrogen-bond donors (Lipinski definition) is 2. The molecule has 1 amide bonds. The van der Waals surface area contributed by atoms with Gasteiger partial charge in [0.1, 0.15) is 0 Å². The van der Waals surface area contributed by atoms with Gasteiger partial charge in [0.15, 0.2) is 5.13 Å². The van der Waals surface area contributed by atoms with E-state index in [1.54, 1.807) is 23.5 Å². The average molecular weight is 572 g/mol. The van der Waals surface area contributed by atoms with Crippen LogP contribution in [0.15, 0.2) is 84.3 Å². The van der Waals surface area contributed by atoms with Crippen molar-refractivity contribution in [3.05, 3.63) is 106 Å². The summed E-state index contributed by atoms with van der Waals surface area (Å²) in [6, 6.07) is 23.7. The van der Waals surface area contributed by atoms with Crippen molar-refractivity contribution in [1.82, 2.24) is 10.3 Å². The number of carbonyl (C=O) groups excluding carboxylic acids is 1. The van der Waals surface area contributed by atoms with Crippen LogP contribution >= 0.6 is 22.9 Å². The van der Waals surface area contributed by atoms with Gasteiger partial charge < -0.3 is 15.3 Å². The van der Waals surface area contributed by atoms with Crippen molar-refractivity contribution in [2.45, 2.75) is 38.6 Å². The van der Waals surface area contributed by atoms with Crippen LogP contribution in [0.25, 0.3) is 16.8 Å². The Morgan fingerprint density at radius 3 is 2.48 bits per heavy atom. The van der Waals surface area contributed by atoms with Crippen molar-refractivity contribution in [3.8, 4) is 11.3 Å². The standard InChI is InChI=1S/C32H30ClN3O3S/c33-28-9-5-4-8-27(28)29-21-40-32(35-29)36(26-16-14-24(15-17-26)23-6-2-1-3-7-23)20-22-10-12-25(13-11-22)31(39)34-19-18-30(37)38/h4-6,8-17,21H,1-3,7,18-20H2,(H,34,39)(H,37,38). The maximum Gasteiger partial charge on any atom is 0.305 e. The molecule has 1 aliphatic rings. The summed E-state index contributed by atoms with van der Waals surface area (Å²) in [5.41, 5.74) is 6.92. The number of thiazole rings is 1. The van der Waals surface area contributed by atoms with Gasteiger partial charge in [0.05, 0.1) is 18.7 Å². The van der Waals surface area contributed by atoms with Crippen molar-refractivity contribution >= 4 is 51.2 Å². The molecule has 5 rings (SSSR count). The zero-order chi connectivity index (χ0) is 27.9. The van der Waals surface area contributed by atoms with E-state index in [4.69, 9.17) is 21.7 Å². The first kappa shape index (κ1) is 27.6. The van der Waals surface area contributed by atoms with E-state index in [1.165, 1.54) is 24.0 Å². The van der Waals surface area contributed by atoms with E-state index >= 15 is 0 Å². The molecule has 1 heterocycles. The lowest BCUT2D eigenvalue weighted by Gasteiger charge is -2.23. The Hall–Kier alpha value is -3.94. The van der Waals surface area contributed by atoms with Gasteiger partial charge in [-0.15, -0.1) is 11.3 Å². The van der Waals surface area contributed by atoms with Crippen LogP contribution in [0.4, 0.5) is 10.8 Å². The molecular formula is C32H30ClN3O3S. The van der Waals surface area contributed by atoms with Gasteiger partial charge in [-0.05, 0) is 72.7 Å². The third-order valence-electron chi connectivity index (χ3n) is 6.89. The summed E-state index contributed by atoms with van der Waals surface area (Å²) >= 11 is 8.02. The van der Waals surface area contributed by atoms with Crippen LogP contribution in [0.3, 0.4) is 0 Å². The zero-order valence-corrected chi connectivity index (χ0v) is 23.5. The quantitative estimate of drug-likeness (QED) is 0.202. The molecule has 6 nitrogen and oxygen atoms in total. The summed E-state index contributed by atoms with van der Waals surface area (Å²) in [5.74, 6) is -1.24. The highest BCUT2D eigenvalue weighted by Crippen LogP contribution is 2.36. The van der Waals surface area contributed by atoms with Crippen molar-refractivity contribution < 1.29 is 14.7 Å². The second kappa shape index (κ2) is 12.9. The zero-order valence-electron chi connectivity index (χ0n) is 22.0. The molecule has 3 aromatic carbocycles. The minimum Gasteiger partial charge on any atom is -0.481 e. The van der Waals surface area contributed by atoms with Crippen molar-refractivity contribution in [2.24, 2.45) is 0 Å². The summed E-state index contributed by atoms with van der Waals surface area (Å²) in [6.07, 6.45) is 6.99. The van der Waals surface area contributed by atoms with Gasteiger partial charge in [-0.1, -0.05) is 60.1 Å². The SMILES string of the molecule is O=C(O)CCNC(=O)c1ccc(CN(c2ccc(C3=CCCCC3)cc2)c2nc(-c3ccccc3Cl)cs2)cc1. The molecule has 8 heteroatoms. The number of hydrogen-bond acceptors (Lipinski definition) is 5. The number of benzene rings is 3. The van der Waals surface area contributed by atoms with Gasteiger partial charge in [-0.2, -0.15) is 0 Å². The largest absolute Gasteiger partial charge is 0.481 e. The highest BCUT2D eigenvalue weighted by molar-refractivity contribution is 7.14. The molecule has 4 aromatic rings. The van der Waals surface area contributed by atoms with Crippen molar-refractivity contribution in [3.63, 3.8) is 0 Å². The topological polar surface area (TPSA) is 82.5 Å². The summed E-state index contributed by atoms with van der Waals surface area (Å²) in [5, 5.41) is 15.0. The molecule has 0 spiro atoms. The predicted octanol–water partition coefficient (Wildman–Crippen LogP) is 7.96. The van der Waals surface area contributed by atoms with E-state index in [1.807, 2.05) is 41.8 Å².